The molecule has 2 aliphatic rings. The SMILES string of the molecule is C=C(NCCO)c1nc(Cl)c(N2CCN(C3CCN(C(=O)c4ccc(C)cc4O)CC3)[C@@H](CC)C2)nc1N. The summed E-state index contributed by atoms with van der Waals surface area (Å²) in [5.74, 6) is 0.744. The first-order valence-electron chi connectivity index (χ1n) is 13.2. The number of piperidine rings is 1. The molecule has 0 spiro atoms. The van der Waals surface area contributed by atoms with Crippen molar-refractivity contribution in [1.29, 1.82) is 0 Å². The van der Waals surface area contributed by atoms with Crippen LogP contribution in [-0.2, 0) is 0 Å². The van der Waals surface area contributed by atoms with Gasteiger partial charge in [0.05, 0.1) is 17.9 Å². The number of halogens is 1. The summed E-state index contributed by atoms with van der Waals surface area (Å²) in [4.78, 5) is 28.6. The molecule has 2 aliphatic heterocycles. The Morgan fingerprint density at radius 1 is 1.24 bits per heavy atom. The van der Waals surface area contributed by atoms with Gasteiger partial charge in [0.15, 0.2) is 16.8 Å². The zero-order valence-electron chi connectivity index (χ0n) is 22.2. The molecule has 11 heteroatoms. The van der Waals surface area contributed by atoms with Crippen LogP contribution in [-0.4, -0.2) is 93.8 Å². The number of aliphatic hydroxyl groups is 1. The number of amides is 1. The van der Waals surface area contributed by atoms with Crippen LogP contribution in [0.5, 0.6) is 5.75 Å². The van der Waals surface area contributed by atoms with E-state index in [1.807, 2.05) is 17.9 Å². The van der Waals surface area contributed by atoms with Gasteiger partial charge < -0.3 is 31.1 Å². The number of likely N-dealkylation sites (tertiary alicyclic amines) is 1. The molecule has 2 fully saturated rings. The lowest BCUT2D eigenvalue weighted by atomic mass is 9.97. The first-order chi connectivity index (χ1) is 18.2. The molecule has 3 heterocycles. The molecular weight excluding hydrogens is 506 g/mol. The van der Waals surface area contributed by atoms with Crippen LogP contribution < -0.4 is 16.0 Å². The van der Waals surface area contributed by atoms with Crippen LogP contribution in [0.4, 0.5) is 11.6 Å². The van der Waals surface area contributed by atoms with Crippen LogP contribution in [0, 0.1) is 6.92 Å². The second-order valence-corrected chi connectivity index (χ2v) is 10.3. The van der Waals surface area contributed by atoms with E-state index in [4.69, 9.17) is 22.4 Å². The number of nitrogens with zero attached hydrogens (tertiary/aromatic N) is 5. The number of aliphatic hydroxyl groups excluding tert-OH is 1. The number of benzene rings is 1. The second kappa shape index (κ2) is 12.2. The molecule has 1 aromatic carbocycles. The number of carbonyl (C=O) groups excluding carboxylic acids is 1. The molecule has 2 saturated heterocycles. The minimum Gasteiger partial charge on any atom is -0.507 e. The number of phenolic OH excluding ortho intramolecular Hbond substituents is 1. The van der Waals surface area contributed by atoms with Gasteiger partial charge >= 0.3 is 0 Å². The molecule has 2 aromatic rings. The highest BCUT2D eigenvalue weighted by molar-refractivity contribution is 6.31. The Balaban J connectivity index is 1.38. The van der Waals surface area contributed by atoms with Crippen molar-refractivity contribution in [2.75, 3.05) is 56.5 Å². The highest BCUT2D eigenvalue weighted by Crippen LogP contribution is 2.31. The van der Waals surface area contributed by atoms with Crippen molar-refractivity contribution >= 4 is 34.8 Å². The van der Waals surface area contributed by atoms with Gasteiger partial charge in [-0.2, -0.15) is 0 Å². The Hall–Kier alpha value is -3.08. The normalized spacial score (nSPS) is 19.0. The van der Waals surface area contributed by atoms with E-state index in [-0.39, 0.29) is 29.2 Å². The van der Waals surface area contributed by atoms with Crippen molar-refractivity contribution in [1.82, 2.24) is 25.1 Å². The summed E-state index contributed by atoms with van der Waals surface area (Å²) in [6.45, 7) is 12.0. The number of phenols is 1. The number of hydrogen-bond acceptors (Lipinski definition) is 9. The molecular formula is C27H38ClN7O3. The highest BCUT2D eigenvalue weighted by atomic mass is 35.5. The Bertz CT molecular complexity index is 1170. The molecule has 4 rings (SSSR count). The Kier molecular flexibility index (Phi) is 8.96. The van der Waals surface area contributed by atoms with Crippen LogP contribution in [0.1, 0.15) is 47.8 Å². The van der Waals surface area contributed by atoms with E-state index in [2.05, 4.69) is 38.6 Å². The van der Waals surface area contributed by atoms with Crippen molar-refractivity contribution in [3.8, 4) is 5.75 Å². The molecule has 0 bridgehead atoms. The largest absolute Gasteiger partial charge is 0.507 e. The van der Waals surface area contributed by atoms with Gasteiger partial charge in [0.25, 0.3) is 5.91 Å². The van der Waals surface area contributed by atoms with Crippen molar-refractivity contribution in [3.63, 3.8) is 0 Å². The van der Waals surface area contributed by atoms with E-state index in [0.717, 1.165) is 44.5 Å². The average Bonchev–Trinajstić information content (AvgIpc) is 2.92. The summed E-state index contributed by atoms with van der Waals surface area (Å²) in [7, 11) is 0. The number of carbonyl (C=O) groups is 1. The first-order valence-corrected chi connectivity index (χ1v) is 13.6. The fourth-order valence-electron chi connectivity index (χ4n) is 5.43. The summed E-state index contributed by atoms with van der Waals surface area (Å²) in [5, 5.41) is 22.5. The predicted molar refractivity (Wildman–Crippen MR) is 150 cm³/mol. The number of aromatic nitrogens is 2. The standard InChI is InChI=1S/C27H38ClN7O3/c1-4-19-16-34(26-24(28)31-23(25(29)32-26)18(3)30-9-14-36)12-13-35(19)20-7-10-33(11-8-20)27(38)21-6-5-17(2)15-22(21)37/h5-6,15,19-20,30,36-37H,3-4,7-14,16H2,1-2H3,(H2,29,32)/t19-/m0/s1. The maximum atomic E-state index is 13.0. The van der Waals surface area contributed by atoms with Gasteiger partial charge in [-0.25, -0.2) is 9.97 Å². The zero-order chi connectivity index (χ0) is 27.4. The van der Waals surface area contributed by atoms with E-state index in [1.165, 1.54) is 0 Å². The third-order valence-electron chi connectivity index (χ3n) is 7.50. The Morgan fingerprint density at radius 3 is 2.63 bits per heavy atom. The molecule has 0 radical (unpaired) electrons. The molecule has 0 saturated carbocycles. The van der Waals surface area contributed by atoms with Crippen LogP contribution in [0.2, 0.25) is 5.15 Å². The van der Waals surface area contributed by atoms with Gasteiger partial charge in [0.2, 0.25) is 0 Å². The Labute approximate surface area is 229 Å². The van der Waals surface area contributed by atoms with Gasteiger partial charge in [-0.15, -0.1) is 0 Å². The monoisotopic (exact) mass is 543 g/mol. The van der Waals surface area contributed by atoms with Gasteiger partial charge in [-0.05, 0) is 43.9 Å². The number of aryl methyl sites for hydroxylation is 1. The van der Waals surface area contributed by atoms with E-state index >= 15 is 0 Å². The van der Waals surface area contributed by atoms with Crippen LogP contribution in [0.3, 0.4) is 0 Å². The maximum Gasteiger partial charge on any atom is 0.257 e. The number of nitrogen functional groups attached to an aromatic ring is 1. The molecule has 10 nitrogen and oxygen atoms in total. The Morgan fingerprint density at radius 2 is 1.97 bits per heavy atom. The lowest BCUT2D eigenvalue weighted by molar-refractivity contribution is 0.0489. The van der Waals surface area contributed by atoms with Crippen LogP contribution >= 0.6 is 11.6 Å². The summed E-state index contributed by atoms with van der Waals surface area (Å²) in [6.07, 6.45) is 2.74. The van der Waals surface area contributed by atoms with Crippen molar-refractivity contribution < 1.29 is 15.0 Å². The number of rotatable bonds is 8. The van der Waals surface area contributed by atoms with E-state index < -0.39 is 0 Å². The molecule has 206 valence electrons. The lowest BCUT2D eigenvalue weighted by Crippen LogP contribution is -2.58. The quantitative estimate of drug-likeness (QED) is 0.396. The van der Waals surface area contributed by atoms with Gasteiger partial charge in [0, 0.05) is 51.4 Å². The molecule has 38 heavy (non-hydrogen) atoms. The van der Waals surface area contributed by atoms with Gasteiger partial charge in [-0.1, -0.05) is 31.2 Å². The average molecular weight is 544 g/mol. The molecule has 1 atom stereocenters. The van der Waals surface area contributed by atoms with Crippen molar-refractivity contribution in [2.45, 2.75) is 45.2 Å². The van der Waals surface area contributed by atoms with E-state index in [1.54, 1.807) is 12.1 Å². The van der Waals surface area contributed by atoms with Gasteiger partial charge in [0.1, 0.15) is 11.4 Å². The number of aromatic hydroxyl groups is 1. The summed E-state index contributed by atoms with van der Waals surface area (Å²) in [6, 6.07) is 5.88. The minimum atomic E-state index is -0.110. The molecule has 5 N–H and O–H groups in total. The van der Waals surface area contributed by atoms with Crippen molar-refractivity contribution in [3.05, 3.63) is 46.8 Å². The first kappa shape index (κ1) is 27.9. The molecule has 0 aliphatic carbocycles. The third kappa shape index (κ3) is 5.98. The topological polar surface area (TPSA) is 131 Å². The minimum absolute atomic E-state index is 0.0352. The van der Waals surface area contributed by atoms with Crippen molar-refractivity contribution in [2.24, 2.45) is 0 Å². The molecule has 1 amide bonds. The number of anilines is 2. The predicted octanol–water partition coefficient (Wildman–Crippen LogP) is 2.48. The number of piperazine rings is 1. The molecule has 1 aromatic heterocycles. The number of nitrogens with two attached hydrogens (primary N) is 1. The number of nitrogens with one attached hydrogen (secondary N) is 1. The smallest absolute Gasteiger partial charge is 0.257 e. The third-order valence-corrected chi connectivity index (χ3v) is 7.76. The fourth-order valence-corrected chi connectivity index (χ4v) is 5.68. The molecule has 0 unspecified atom stereocenters. The summed E-state index contributed by atoms with van der Waals surface area (Å²) < 4.78 is 0. The highest BCUT2D eigenvalue weighted by Gasteiger charge is 2.35. The van der Waals surface area contributed by atoms with Gasteiger partial charge in [-0.3, -0.25) is 9.69 Å². The van der Waals surface area contributed by atoms with Crippen LogP contribution in [0.15, 0.2) is 24.8 Å². The van der Waals surface area contributed by atoms with E-state index in [9.17, 15) is 9.90 Å². The zero-order valence-corrected chi connectivity index (χ0v) is 22.9. The van der Waals surface area contributed by atoms with E-state index in [0.29, 0.717) is 54.5 Å². The number of hydrogen-bond donors (Lipinski definition) is 4. The summed E-state index contributed by atoms with van der Waals surface area (Å²) >= 11 is 6.55. The lowest BCUT2D eigenvalue weighted by Gasteiger charge is -2.47. The summed E-state index contributed by atoms with van der Waals surface area (Å²) in [5.41, 5.74) is 8.34. The maximum absolute atomic E-state index is 13.0. The second-order valence-electron chi connectivity index (χ2n) is 9.99. The van der Waals surface area contributed by atoms with Crippen LogP contribution in [0.25, 0.3) is 5.70 Å². The fraction of sp³-hybridized carbons (Fsp3) is 0.519.